The Bertz CT molecular complexity index is 473. The molecule has 0 radical (unpaired) electrons. The van der Waals surface area contributed by atoms with Crippen LogP contribution in [0.25, 0.3) is 0 Å². The zero-order chi connectivity index (χ0) is 13.5. The fourth-order valence-electron chi connectivity index (χ4n) is 3.05. The Kier molecular flexibility index (Phi) is 3.19. The summed E-state index contributed by atoms with van der Waals surface area (Å²) in [5.41, 5.74) is 0.143. The molecule has 19 heavy (non-hydrogen) atoms. The second-order valence-electron chi connectivity index (χ2n) is 5.51. The molecule has 1 aliphatic carbocycles. The summed E-state index contributed by atoms with van der Waals surface area (Å²) in [6.45, 7) is 4.22. The number of rotatable bonds is 3. The third kappa shape index (κ3) is 2.01. The van der Waals surface area contributed by atoms with Crippen molar-refractivity contribution < 1.29 is 13.9 Å². The quantitative estimate of drug-likeness (QED) is 0.778. The average Bonchev–Trinajstić information content (AvgIpc) is 2.87. The number of benzene rings is 1. The molecule has 0 unspecified atom stereocenters. The van der Waals surface area contributed by atoms with Gasteiger partial charge in [0.15, 0.2) is 6.17 Å². The van der Waals surface area contributed by atoms with Gasteiger partial charge in [0, 0.05) is 5.92 Å². The van der Waals surface area contributed by atoms with Crippen LogP contribution in [0.4, 0.5) is 4.39 Å². The van der Waals surface area contributed by atoms with Crippen LogP contribution in [-0.4, -0.2) is 24.0 Å². The number of hydrogen-bond acceptors (Lipinski definition) is 2. The summed E-state index contributed by atoms with van der Waals surface area (Å²) >= 11 is 0. The van der Waals surface area contributed by atoms with E-state index in [9.17, 15) is 4.39 Å². The molecule has 3 heteroatoms. The molecule has 0 N–H and O–H groups in total. The van der Waals surface area contributed by atoms with E-state index in [4.69, 9.17) is 9.47 Å². The Balaban J connectivity index is 1.79. The van der Waals surface area contributed by atoms with E-state index < -0.39 is 17.9 Å². The molecule has 0 saturated carbocycles. The molecule has 0 amide bonds. The molecular formula is C16H19FO2. The van der Waals surface area contributed by atoms with Crippen LogP contribution in [0, 0.1) is 5.92 Å². The van der Waals surface area contributed by atoms with Crippen LogP contribution in [0.5, 0.6) is 0 Å². The fourth-order valence-corrected chi connectivity index (χ4v) is 3.05. The molecule has 1 saturated heterocycles. The van der Waals surface area contributed by atoms with E-state index in [1.165, 1.54) is 0 Å². The fraction of sp³-hybridized carbons (Fsp3) is 0.500. The molecule has 1 aromatic rings. The zero-order valence-electron chi connectivity index (χ0n) is 11.3. The van der Waals surface area contributed by atoms with Crippen LogP contribution >= 0.6 is 0 Å². The van der Waals surface area contributed by atoms with Gasteiger partial charge in [0.2, 0.25) is 0 Å². The van der Waals surface area contributed by atoms with Crippen LogP contribution in [-0.2, 0) is 16.1 Å². The Labute approximate surface area is 113 Å². The minimum atomic E-state index is -1.11. The van der Waals surface area contributed by atoms with Gasteiger partial charge in [-0.05, 0) is 12.5 Å². The normalized spacial score (nSPS) is 40.6. The van der Waals surface area contributed by atoms with Gasteiger partial charge in [-0.3, -0.25) is 0 Å². The minimum Gasteiger partial charge on any atom is -0.368 e. The summed E-state index contributed by atoms with van der Waals surface area (Å²) in [4.78, 5) is 0. The molecule has 1 aliphatic heterocycles. The van der Waals surface area contributed by atoms with Gasteiger partial charge in [-0.25, -0.2) is 4.39 Å². The maximum Gasteiger partial charge on any atom is 0.161 e. The largest absolute Gasteiger partial charge is 0.368 e. The van der Waals surface area contributed by atoms with Gasteiger partial charge in [0.05, 0.1) is 18.8 Å². The molecule has 0 spiro atoms. The SMILES string of the molecule is C[C@@H]1C=C[C@@]2(OCc3ccccc3)[C@@H]1O[C@@H](C)[C@@H]2F. The van der Waals surface area contributed by atoms with Gasteiger partial charge in [0.1, 0.15) is 5.60 Å². The topological polar surface area (TPSA) is 18.5 Å². The molecule has 3 rings (SSSR count). The second kappa shape index (κ2) is 4.73. The summed E-state index contributed by atoms with van der Waals surface area (Å²) in [7, 11) is 0. The van der Waals surface area contributed by atoms with Crippen LogP contribution in [0.1, 0.15) is 19.4 Å². The Morgan fingerprint density at radius 1 is 1.26 bits per heavy atom. The van der Waals surface area contributed by atoms with E-state index in [0.29, 0.717) is 6.61 Å². The van der Waals surface area contributed by atoms with Crippen molar-refractivity contribution in [3.8, 4) is 0 Å². The molecule has 1 fully saturated rings. The first-order valence-corrected chi connectivity index (χ1v) is 6.80. The van der Waals surface area contributed by atoms with Gasteiger partial charge in [-0.15, -0.1) is 0 Å². The lowest BCUT2D eigenvalue weighted by molar-refractivity contribution is -0.0898. The highest BCUT2D eigenvalue weighted by molar-refractivity contribution is 5.25. The van der Waals surface area contributed by atoms with Gasteiger partial charge < -0.3 is 9.47 Å². The Morgan fingerprint density at radius 2 is 2.00 bits per heavy atom. The van der Waals surface area contributed by atoms with E-state index in [2.05, 4.69) is 0 Å². The smallest absolute Gasteiger partial charge is 0.161 e. The van der Waals surface area contributed by atoms with Crippen molar-refractivity contribution in [3.05, 3.63) is 48.0 Å². The van der Waals surface area contributed by atoms with Crippen LogP contribution < -0.4 is 0 Å². The molecule has 1 heterocycles. The van der Waals surface area contributed by atoms with E-state index in [1.54, 1.807) is 6.92 Å². The number of fused-ring (bicyclic) bond motifs is 1. The lowest BCUT2D eigenvalue weighted by Crippen LogP contribution is -2.45. The van der Waals surface area contributed by atoms with Gasteiger partial charge in [0.25, 0.3) is 0 Å². The highest BCUT2D eigenvalue weighted by atomic mass is 19.1. The number of alkyl halides is 1. The molecular weight excluding hydrogens is 243 g/mol. The van der Waals surface area contributed by atoms with E-state index in [0.717, 1.165) is 5.56 Å². The molecule has 2 nitrogen and oxygen atoms in total. The standard InChI is InChI=1S/C16H19FO2/c1-11-8-9-16(14(17)12(2)19-15(11)16)18-10-13-6-4-3-5-7-13/h3-9,11-12,14-15H,10H2,1-2H3/t11-,12+,14+,15-,16+/m1/s1. The lowest BCUT2D eigenvalue weighted by Gasteiger charge is -2.30. The minimum absolute atomic E-state index is 0.193. The molecule has 0 bridgehead atoms. The lowest BCUT2D eigenvalue weighted by atomic mass is 9.92. The van der Waals surface area contributed by atoms with Gasteiger partial charge >= 0.3 is 0 Å². The van der Waals surface area contributed by atoms with Crippen LogP contribution in [0.3, 0.4) is 0 Å². The summed E-state index contributed by atoms with van der Waals surface area (Å²) in [6, 6.07) is 9.85. The van der Waals surface area contributed by atoms with Crippen LogP contribution in [0.2, 0.25) is 0 Å². The molecule has 0 aromatic heterocycles. The molecule has 102 valence electrons. The summed E-state index contributed by atoms with van der Waals surface area (Å²) in [5, 5.41) is 0. The highest BCUT2D eigenvalue weighted by Gasteiger charge is 2.59. The van der Waals surface area contributed by atoms with Crippen molar-refractivity contribution in [1.82, 2.24) is 0 Å². The van der Waals surface area contributed by atoms with Crippen molar-refractivity contribution >= 4 is 0 Å². The van der Waals surface area contributed by atoms with Crippen molar-refractivity contribution in [1.29, 1.82) is 0 Å². The maximum absolute atomic E-state index is 14.5. The predicted molar refractivity (Wildman–Crippen MR) is 71.5 cm³/mol. The van der Waals surface area contributed by atoms with Crippen molar-refractivity contribution in [2.45, 2.75) is 44.4 Å². The highest BCUT2D eigenvalue weighted by Crippen LogP contribution is 2.45. The third-order valence-corrected chi connectivity index (χ3v) is 4.12. The molecule has 5 atom stereocenters. The molecule has 2 aliphatic rings. The first kappa shape index (κ1) is 12.8. The second-order valence-corrected chi connectivity index (χ2v) is 5.51. The Morgan fingerprint density at radius 3 is 2.74 bits per heavy atom. The van der Waals surface area contributed by atoms with Crippen molar-refractivity contribution in [2.24, 2.45) is 5.92 Å². The predicted octanol–water partition coefficient (Wildman–Crippen LogP) is 3.27. The Hall–Kier alpha value is -1.19. The van der Waals surface area contributed by atoms with E-state index >= 15 is 0 Å². The number of halogens is 1. The summed E-state index contributed by atoms with van der Waals surface area (Å²) in [6.07, 6.45) is 2.13. The van der Waals surface area contributed by atoms with E-state index in [-0.39, 0.29) is 12.0 Å². The first-order valence-electron chi connectivity index (χ1n) is 6.80. The molecule has 1 aromatic carbocycles. The van der Waals surface area contributed by atoms with Crippen LogP contribution in [0.15, 0.2) is 42.5 Å². The summed E-state index contributed by atoms with van der Waals surface area (Å²) < 4.78 is 26.2. The number of hydrogen-bond donors (Lipinski definition) is 0. The first-order chi connectivity index (χ1) is 9.13. The average molecular weight is 262 g/mol. The maximum atomic E-state index is 14.5. The van der Waals surface area contributed by atoms with Crippen molar-refractivity contribution in [3.63, 3.8) is 0 Å². The summed E-state index contributed by atoms with van der Waals surface area (Å²) in [5.74, 6) is 0.193. The monoisotopic (exact) mass is 262 g/mol. The number of ether oxygens (including phenoxy) is 2. The van der Waals surface area contributed by atoms with E-state index in [1.807, 2.05) is 49.4 Å². The third-order valence-electron chi connectivity index (χ3n) is 4.12. The van der Waals surface area contributed by atoms with Crippen molar-refractivity contribution in [2.75, 3.05) is 0 Å². The van der Waals surface area contributed by atoms with Gasteiger partial charge in [-0.1, -0.05) is 49.4 Å². The van der Waals surface area contributed by atoms with Gasteiger partial charge in [-0.2, -0.15) is 0 Å². The zero-order valence-corrected chi connectivity index (χ0v) is 11.3.